The molecule has 0 aliphatic rings. The molecule has 0 aromatic heterocycles. The van der Waals surface area contributed by atoms with Gasteiger partial charge in [-0.1, -0.05) is 13.8 Å². The van der Waals surface area contributed by atoms with E-state index in [9.17, 15) is 9.59 Å². The summed E-state index contributed by atoms with van der Waals surface area (Å²) in [5.74, 6) is -1.56. The minimum absolute atomic E-state index is 0.164. The predicted octanol–water partition coefficient (Wildman–Crippen LogP) is 1.67. The summed E-state index contributed by atoms with van der Waals surface area (Å²) >= 11 is 0. The fraction of sp³-hybridized carbons (Fsp3) is 0.846. The van der Waals surface area contributed by atoms with E-state index in [1.54, 1.807) is 27.7 Å². The summed E-state index contributed by atoms with van der Waals surface area (Å²) in [4.78, 5) is 23.3. The maximum Gasteiger partial charge on any atom is 0.348 e. The van der Waals surface area contributed by atoms with Gasteiger partial charge in [-0.2, -0.15) is 0 Å². The lowest BCUT2D eigenvalue weighted by Gasteiger charge is -2.27. The second kappa shape index (κ2) is 6.73. The molecule has 106 valence electrons. The van der Waals surface area contributed by atoms with Gasteiger partial charge in [-0.3, -0.25) is 0 Å². The fourth-order valence-corrected chi connectivity index (χ4v) is 1.19. The minimum Gasteiger partial charge on any atom is -0.457 e. The maximum absolute atomic E-state index is 11.9. The van der Waals surface area contributed by atoms with Crippen LogP contribution in [0, 0.1) is 5.92 Å². The predicted molar refractivity (Wildman–Crippen MR) is 66.9 cm³/mol. The Bertz CT molecular complexity index is 290. The number of hydrogen-bond acceptors (Lipinski definition) is 5. The zero-order chi connectivity index (χ0) is 14.5. The van der Waals surface area contributed by atoms with Crippen molar-refractivity contribution in [3.8, 4) is 0 Å². The Balaban J connectivity index is 4.79. The van der Waals surface area contributed by atoms with Crippen LogP contribution >= 0.6 is 0 Å². The molecule has 0 fully saturated rings. The summed E-state index contributed by atoms with van der Waals surface area (Å²) in [6.07, 6.45) is -1.56. The molecule has 0 radical (unpaired) electrons. The van der Waals surface area contributed by atoms with E-state index < -0.39 is 29.7 Å². The molecule has 0 aromatic carbocycles. The number of carbonyl (C=O) groups is 2. The van der Waals surface area contributed by atoms with Crippen molar-refractivity contribution in [2.45, 2.75) is 65.8 Å². The van der Waals surface area contributed by atoms with Gasteiger partial charge < -0.3 is 14.6 Å². The van der Waals surface area contributed by atoms with Crippen molar-refractivity contribution in [3.05, 3.63) is 0 Å². The lowest BCUT2D eigenvalue weighted by atomic mass is 10.0. The molecule has 5 nitrogen and oxygen atoms in total. The van der Waals surface area contributed by atoms with Crippen LogP contribution in [0.5, 0.6) is 0 Å². The van der Waals surface area contributed by atoms with E-state index in [1.165, 1.54) is 6.92 Å². The van der Waals surface area contributed by atoms with Crippen LogP contribution in [0.15, 0.2) is 0 Å². The van der Waals surface area contributed by atoms with Crippen molar-refractivity contribution >= 4 is 11.9 Å². The Morgan fingerprint density at radius 2 is 1.67 bits per heavy atom. The molecule has 0 saturated heterocycles. The molecule has 0 amide bonds. The van der Waals surface area contributed by atoms with Crippen LogP contribution in [0.1, 0.15) is 48.0 Å². The average Bonchev–Trinajstić information content (AvgIpc) is 2.21. The van der Waals surface area contributed by atoms with Gasteiger partial charge in [0.25, 0.3) is 0 Å². The Hall–Kier alpha value is -1.10. The zero-order valence-electron chi connectivity index (χ0n) is 12.0. The van der Waals surface area contributed by atoms with E-state index in [2.05, 4.69) is 0 Å². The number of carbonyl (C=O) groups excluding carboxylic acids is 2. The smallest absolute Gasteiger partial charge is 0.348 e. The summed E-state index contributed by atoms with van der Waals surface area (Å²) < 4.78 is 10.2. The summed E-state index contributed by atoms with van der Waals surface area (Å²) in [6, 6.07) is 0. The topological polar surface area (TPSA) is 72.8 Å². The van der Waals surface area contributed by atoms with Crippen LogP contribution in [-0.4, -0.2) is 34.9 Å². The molecule has 5 heteroatoms. The first kappa shape index (κ1) is 16.9. The number of hydrogen-bond donors (Lipinski definition) is 1. The standard InChI is InChI=1S/C13H24O5/c1-7-8(2)10(17-11(15)9(3)14)12(16)18-13(4,5)6/h8-10,14H,7H2,1-6H3/t8?,9-,10-/m0/s1. The Morgan fingerprint density at radius 1 is 1.17 bits per heavy atom. The molecule has 1 unspecified atom stereocenters. The lowest BCUT2D eigenvalue weighted by molar-refractivity contribution is -0.183. The molecule has 0 spiro atoms. The molecule has 0 heterocycles. The van der Waals surface area contributed by atoms with Crippen LogP contribution in [0.25, 0.3) is 0 Å². The largest absolute Gasteiger partial charge is 0.457 e. The third kappa shape index (κ3) is 6.00. The van der Waals surface area contributed by atoms with E-state index in [0.717, 1.165) is 0 Å². The van der Waals surface area contributed by atoms with E-state index >= 15 is 0 Å². The van der Waals surface area contributed by atoms with Crippen LogP contribution < -0.4 is 0 Å². The highest BCUT2D eigenvalue weighted by atomic mass is 16.6. The van der Waals surface area contributed by atoms with Crippen LogP contribution in [-0.2, 0) is 19.1 Å². The van der Waals surface area contributed by atoms with Crippen LogP contribution in [0.2, 0.25) is 0 Å². The van der Waals surface area contributed by atoms with Crippen molar-refractivity contribution < 1.29 is 24.2 Å². The van der Waals surface area contributed by atoms with Crippen molar-refractivity contribution in [2.24, 2.45) is 5.92 Å². The van der Waals surface area contributed by atoms with Crippen LogP contribution in [0.3, 0.4) is 0 Å². The lowest BCUT2D eigenvalue weighted by Crippen LogP contribution is -2.40. The molecule has 0 aromatic rings. The van der Waals surface area contributed by atoms with E-state index in [-0.39, 0.29) is 5.92 Å². The van der Waals surface area contributed by atoms with Gasteiger partial charge in [-0.25, -0.2) is 9.59 Å². The zero-order valence-corrected chi connectivity index (χ0v) is 12.0. The maximum atomic E-state index is 11.9. The molecule has 0 saturated carbocycles. The van der Waals surface area contributed by atoms with Gasteiger partial charge in [0.05, 0.1) is 0 Å². The van der Waals surface area contributed by atoms with Gasteiger partial charge in [-0.15, -0.1) is 0 Å². The summed E-state index contributed by atoms with van der Waals surface area (Å²) in [7, 11) is 0. The van der Waals surface area contributed by atoms with E-state index in [1.807, 2.05) is 6.92 Å². The molecule has 1 N–H and O–H groups in total. The highest BCUT2D eigenvalue weighted by Crippen LogP contribution is 2.18. The summed E-state index contributed by atoms with van der Waals surface area (Å²) in [5.41, 5.74) is -0.639. The van der Waals surface area contributed by atoms with Gasteiger partial charge in [0, 0.05) is 5.92 Å². The number of rotatable bonds is 5. The average molecular weight is 260 g/mol. The van der Waals surface area contributed by atoms with E-state index in [0.29, 0.717) is 6.42 Å². The number of ether oxygens (including phenoxy) is 2. The van der Waals surface area contributed by atoms with Gasteiger partial charge in [0.1, 0.15) is 11.7 Å². The van der Waals surface area contributed by atoms with Gasteiger partial charge in [0.15, 0.2) is 0 Å². The fourth-order valence-electron chi connectivity index (χ4n) is 1.19. The van der Waals surface area contributed by atoms with E-state index in [4.69, 9.17) is 14.6 Å². The second-order valence-corrected chi connectivity index (χ2v) is 5.45. The molecule has 18 heavy (non-hydrogen) atoms. The second-order valence-electron chi connectivity index (χ2n) is 5.45. The SMILES string of the molecule is CCC(C)[C@H](OC(=O)[C@H](C)O)C(=O)OC(C)(C)C. The normalized spacial score (nSPS) is 16.6. The van der Waals surface area contributed by atoms with Crippen molar-refractivity contribution in [1.82, 2.24) is 0 Å². The highest BCUT2D eigenvalue weighted by Gasteiger charge is 2.33. The van der Waals surface area contributed by atoms with Crippen molar-refractivity contribution in [3.63, 3.8) is 0 Å². The molecule has 0 bridgehead atoms. The Morgan fingerprint density at radius 3 is 2.00 bits per heavy atom. The molecule has 3 atom stereocenters. The van der Waals surface area contributed by atoms with Crippen LogP contribution in [0.4, 0.5) is 0 Å². The highest BCUT2D eigenvalue weighted by molar-refractivity contribution is 5.81. The first-order chi connectivity index (χ1) is 8.08. The molecule has 0 rings (SSSR count). The first-order valence-corrected chi connectivity index (χ1v) is 6.20. The number of aliphatic hydroxyl groups is 1. The number of esters is 2. The first-order valence-electron chi connectivity index (χ1n) is 6.20. The summed E-state index contributed by atoms with van der Waals surface area (Å²) in [6.45, 7) is 10.2. The molecule has 0 aliphatic carbocycles. The van der Waals surface area contributed by atoms with Crippen molar-refractivity contribution in [2.75, 3.05) is 0 Å². The van der Waals surface area contributed by atoms with Gasteiger partial charge in [0.2, 0.25) is 6.10 Å². The number of aliphatic hydroxyl groups excluding tert-OH is 1. The Kier molecular flexibility index (Phi) is 6.32. The molecule has 0 aliphatic heterocycles. The molecular formula is C13H24O5. The third-order valence-corrected chi connectivity index (χ3v) is 2.38. The van der Waals surface area contributed by atoms with Gasteiger partial charge in [-0.05, 0) is 34.1 Å². The monoisotopic (exact) mass is 260 g/mol. The van der Waals surface area contributed by atoms with Gasteiger partial charge >= 0.3 is 11.9 Å². The third-order valence-electron chi connectivity index (χ3n) is 2.38. The van der Waals surface area contributed by atoms with Crippen molar-refractivity contribution in [1.29, 1.82) is 0 Å². The quantitative estimate of drug-likeness (QED) is 0.761. The minimum atomic E-state index is -1.25. The summed E-state index contributed by atoms with van der Waals surface area (Å²) in [5, 5.41) is 9.11. The molecular weight excluding hydrogens is 236 g/mol. The Labute approximate surface area is 108 Å².